The zero-order valence-corrected chi connectivity index (χ0v) is 18.4. The fourth-order valence-electron chi connectivity index (χ4n) is 3.47. The van der Waals surface area contributed by atoms with E-state index in [2.05, 4.69) is 4.98 Å². The molecule has 2 heterocycles. The Morgan fingerprint density at radius 2 is 1.97 bits per heavy atom. The molecule has 0 aliphatic carbocycles. The fourth-order valence-corrected chi connectivity index (χ4v) is 4.87. The number of nitrogens with zero attached hydrogens (tertiary/aromatic N) is 3. The van der Waals surface area contributed by atoms with Crippen LogP contribution in [0.1, 0.15) is 5.69 Å². The Hall–Kier alpha value is -2.69. The largest absolute Gasteiger partial charge is 0.505 e. The topological polar surface area (TPSA) is 82.7 Å². The van der Waals surface area contributed by atoms with Gasteiger partial charge >= 0.3 is 0 Å². The Labute approximate surface area is 186 Å². The van der Waals surface area contributed by atoms with Gasteiger partial charge in [-0.3, -0.25) is 14.8 Å². The molecule has 0 saturated carbocycles. The number of amides is 1. The highest BCUT2D eigenvalue weighted by atomic mass is 32.2. The number of carbonyl (C=O) groups is 1. The van der Waals surface area contributed by atoms with Gasteiger partial charge in [0.15, 0.2) is 16.7 Å². The standard InChI is InChI=1S/C21H20F2N4O2S2/c1-11-20(31-24)30-21(25-11)26(2)19(29)13-9-27(10-13)15-5-3-12(4-6-15)16-7-14(22)8-17(28)18(16)23/h3-8,13,28H,9-10,24H2,1-2H3. The van der Waals surface area contributed by atoms with E-state index in [9.17, 15) is 18.7 Å². The minimum Gasteiger partial charge on any atom is -0.505 e. The maximum absolute atomic E-state index is 14.1. The van der Waals surface area contributed by atoms with Crippen LogP contribution in [0, 0.1) is 24.5 Å². The molecule has 1 amide bonds. The van der Waals surface area contributed by atoms with Crippen LogP contribution in [0.4, 0.5) is 19.6 Å². The number of anilines is 2. The molecule has 3 N–H and O–H groups in total. The van der Waals surface area contributed by atoms with Crippen molar-refractivity contribution < 1.29 is 18.7 Å². The second-order valence-electron chi connectivity index (χ2n) is 7.32. The number of aromatic hydroxyl groups is 1. The maximum Gasteiger partial charge on any atom is 0.235 e. The molecular formula is C21H20F2N4O2S2. The summed E-state index contributed by atoms with van der Waals surface area (Å²) in [5.74, 6) is -2.45. The second-order valence-corrected chi connectivity index (χ2v) is 9.20. The first-order valence-corrected chi connectivity index (χ1v) is 11.1. The molecule has 0 bridgehead atoms. The molecule has 6 nitrogen and oxygen atoms in total. The molecule has 0 spiro atoms. The predicted molar refractivity (Wildman–Crippen MR) is 119 cm³/mol. The zero-order valence-electron chi connectivity index (χ0n) is 16.8. The van der Waals surface area contributed by atoms with Crippen LogP contribution >= 0.6 is 23.3 Å². The van der Waals surface area contributed by atoms with Crippen molar-refractivity contribution in [3.8, 4) is 16.9 Å². The van der Waals surface area contributed by atoms with Crippen LogP contribution in [0.25, 0.3) is 11.1 Å². The molecule has 1 aromatic heterocycles. The Bertz CT molecular complexity index is 1130. The summed E-state index contributed by atoms with van der Waals surface area (Å²) in [6.45, 7) is 2.97. The average Bonchev–Trinajstić information content (AvgIpc) is 3.10. The Morgan fingerprint density at radius 1 is 1.29 bits per heavy atom. The van der Waals surface area contributed by atoms with Crippen LogP contribution in [0.3, 0.4) is 0 Å². The summed E-state index contributed by atoms with van der Waals surface area (Å²) < 4.78 is 28.5. The number of phenolic OH excluding ortho intramolecular Hbond substituents is 1. The number of hydrogen-bond acceptors (Lipinski definition) is 7. The van der Waals surface area contributed by atoms with Crippen LogP contribution in [0.5, 0.6) is 5.75 Å². The highest BCUT2D eigenvalue weighted by Gasteiger charge is 2.35. The van der Waals surface area contributed by atoms with Gasteiger partial charge in [-0.05, 0) is 42.6 Å². The van der Waals surface area contributed by atoms with Gasteiger partial charge < -0.3 is 10.0 Å². The van der Waals surface area contributed by atoms with E-state index in [-0.39, 0.29) is 17.4 Å². The molecule has 162 valence electrons. The summed E-state index contributed by atoms with van der Waals surface area (Å²) in [6.07, 6.45) is 0. The van der Waals surface area contributed by atoms with E-state index < -0.39 is 17.4 Å². The lowest BCUT2D eigenvalue weighted by Gasteiger charge is -2.41. The van der Waals surface area contributed by atoms with E-state index in [0.29, 0.717) is 23.8 Å². The van der Waals surface area contributed by atoms with E-state index >= 15 is 0 Å². The highest BCUT2D eigenvalue weighted by Crippen LogP contribution is 2.34. The number of thiazole rings is 1. The monoisotopic (exact) mass is 462 g/mol. The molecule has 0 unspecified atom stereocenters. The molecule has 1 saturated heterocycles. The van der Waals surface area contributed by atoms with Crippen molar-refractivity contribution in [3.63, 3.8) is 0 Å². The van der Waals surface area contributed by atoms with Crippen molar-refractivity contribution in [3.05, 3.63) is 53.7 Å². The molecule has 31 heavy (non-hydrogen) atoms. The summed E-state index contributed by atoms with van der Waals surface area (Å²) in [5, 5.41) is 15.7. The first-order valence-electron chi connectivity index (χ1n) is 9.43. The van der Waals surface area contributed by atoms with E-state index in [1.807, 2.05) is 11.8 Å². The van der Waals surface area contributed by atoms with Gasteiger partial charge in [-0.25, -0.2) is 13.8 Å². The van der Waals surface area contributed by atoms with Crippen LogP contribution in [0.2, 0.25) is 0 Å². The van der Waals surface area contributed by atoms with E-state index in [4.69, 9.17) is 5.14 Å². The Kier molecular flexibility index (Phi) is 5.87. The summed E-state index contributed by atoms with van der Waals surface area (Å²) in [4.78, 5) is 20.8. The highest BCUT2D eigenvalue weighted by molar-refractivity contribution is 7.99. The van der Waals surface area contributed by atoms with Gasteiger partial charge in [0.05, 0.1) is 15.8 Å². The van der Waals surface area contributed by atoms with E-state index in [1.54, 1.807) is 36.2 Å². The third kappa shape index (κ3) is 4.10. The number of aryl methyl sites for hydroxylation is 1. The van der Waals surface area contributed by atoms with Crippen LogP contribution in [0.15, 0.2) is 40.6 Å². The molecule has 3 aromatic rings. The Balaban J connectivity index is 1.41. The summed E-state index contributed by atoms with van der Waals surface area (Å²) in [5.41, 5.74) is 2.14. The molecule has 2 aromatic carbocycles. The molecule has 1 aliphatic heterocycles. The second kappa shape index (κ2) is 8.45. The molecule has 4 rings (SSSR count). The zero-order chi connectivity index (χ0) is 22.3. The smallest absolute Gasteiger partial charge is 0.235 e. The van der Waals surface area contributed by atoms with Crippen LogP contribution < -0.4 is 14.9 Å². The number of carbonyl (C=O) groups excluding carboxylic acids is 1. The van der Waals surface area contributed by atoms with Crippen molar-refractivity contribution in [2.75, 3.05) is 29.9 Å². The van der Waals surface area contributed by atoms with Crippen molar-refractivity contribution in [1.29, 1.82) is 0 Å². The van der Waals surface area contributed by atoms with Gasteiger partial charge in [-0.15, -0.1) is 0 Å². The molecular weight excluding hydrogens is 442 g/mol. The van der Waals surface area contributed by atoms with Crippen LogP contribution in [-0.4, -0.2) is 36.1 Å². The van der Waals surface area contributed by atoms with Gasteiger partial charge in [0.1, 0.15) is 5.82 Å². The number of phenols is 1. The predicted octanol–water partition coefficient (Wildman–Crippen LogP) is 4.17. The molecule has 10 heteroatoms. The minimum absolute atomic E-state index is 0.00362. The van der Waals surface area contributed by atoms with Crippen molar-refractivity contribution in [1.82, 2.24) is 4.98 Å². The van der Waals surface area contributed by atoms with E-state index in [1.165, 1.54) is 11.3 Å². The van der Waals surface area contributed by atoms with Crippen molar-refractivity contribution in [2.24, 2.45) is 11.1 Å². The van der Waals surface area contributed by atoms with Gasteiger partial charge in [-0.2, -0.15) is 0 Å². The van der Waals surface area contributed by atoms with E-state index in [0.717, 1.165) is 39.7 Å². The average molecular weight is 463 g/mol. The number of benzene rings is 2. The number of rotatable bonds is 5. The van der Waals surface area contributed by atoms with Crippen LogP contribution in [-0.2, 0) is 4.79 Å². The molecule has 0 radical (unpaired) electrons. The fraction of sp³-hybridized carbons (Fsp3) is 0.238. The number of halogens is 2. The summed E-state index contributed by atoms with van der Waals surface area (Å²) in [6, 6.07) is 8.69. The van der Waals surface area contributed by atoms with Crippen molar-refractivity contribution >= 4 is 40.0 Å². The number of nitrogens with two attached hydrogens (primary N) is 1. The summed E-state index contributed by atoms with van der Waals surface area (Å²) >= 11 is 2.52. The lowest BCUT2D eigenvalue weighted by atomic mass is 9.97. The summed E-state index contributed by atoms with van der Waals surface area (Å²) in [7, 11) is 1.71. The quantitative estimate of drug-likeness (QED) is 0.554. The lowest BCUT2D eigenvalue weighted by Crippen LogP contribution is -2.54. The third-order valence-corrected chi connectivity index (χ3v) is 7.34. The maximum atomic E-state index is 14.1. The van der Waals surface area contributed by atoms with Gasteiger partial charge in [-0.1, -0.05) is 23.5 Å². The molecule has 1 fully saturated rings. The first kappa shape index (κ1) is 21.5. The number of aromatic nitrogens is 1. The normalized spacial score (nSPS) is 13.9. The minimum atomic E-state index is -0.861. The van der Waals surface area contributed by atoms with Gasteiger partial charge in [0, 0.05) is 37.5 Å². The Morgan fingerprint density at radius 3 is 2.58 bits per heavy atom. The lowest BCUT2D eigenvalue weighted by molar-refractivity contribution is -0.122. The van der Waals surface area contributed by atoms with Gasteiger partial charge in [0.2, 0.25) is 5.91 Å². The van der Waals surface area contributed by atoms with Crippen molar-refractivity contribution in [2.45, 2.75) is 11.1 Å². The third-order valence-electron chi connectivity index (χ3n) is 5.26. The molecule has 0 atom stereocenters. The molecule has 1 aliphatic rings. The number of hydrogen-bond donors (Lipinski definition) is 2. The van der Waals surface area contributed by atoms with Gasteiger partial charge in [0.25, 0.3) is 0 Å². The first-order chi connectivity index (χ1) is 14.8. The SMILES string of the molecule is Cc1nc(N(C)C(=O)C2CN(c3ccc(-c4cc(F)cc(O)c4F)cc3)C2)sc1SN.